The third-order valence-electron chi connectivity index (χ3n) is 3.99. The van der Waals surface area contributed by atoms with Crippen LogP contribution in [-0.4, -0.2) is 35.5 Å². The van der Waals surface area contributed by atoms with Gasteiger partial charge in [-0.2, -0.15) is 11.8 Å². The second kappa shape index (κ2) is 5.61. The van der Waals surface area contributed by atoms with Gasteiger partial charge in [0.25, 0.3) is 0 Å². The van der Waals surface area contributed by atoms with Crippen LogP contribution in [0.3, 0.4) is 0 Å². The lowest BCUT2D eigenvalue weighted by Gasteiger charge is -2.30. The van der Waals surface area contributed by atoms with Crippen molar-refractivity contribution in [3.63, 3.8) is 0 Å². The molecule has 0 radical (unpaired) electrons. The quantitative estimate of drug-likeness (QED) is 0.809. The lowest BCUT2D eigenvalue weighted by molar-refractivity contribution is -0.124. The molecule has 0 aromatic carbocycles. The van der Waals surface area contributed by atoms with Crippen LogP contribution in [0.1, 0.15) is 39.5 Å². The summed E-state index contributed by atoms with van der Waals surface area (Å²) in [6.45, 7) is 6.24. The van der Waals surface area contributed by atoms with Gasteiger partial charge in [0.2, 0.25) is 5.91 Å². The summed E-state index contributed by atoms with van der Waals surface area (Å²) in [5.41, 5.74) is 0. The molecule has 0 spiro atoms. The number of thioether (sulfide) groups is 1. The van der Waals surface area contributed by atoms with Gasteiger partial charge in [0.05, 0.1) is 6.04 Å². The minimum atomic E-state index is 0.0266. The molecule has 0 bridgehead atoms. The SMILES string of the molecule is CC1CCCNC1C(=O)NCC1(C)CCCS1. The van der Waals surface area contributed by atoms with Crippen LogP contribution in [0.25, 0.3) is 0 Å². The molecule has 98 valence electrons. The summed E-state index contributed by atoms with van der Waals surface area (Å²) in [6, 6.07) is 0.0266. The molecule has 3 atom stereocenters. The Kier molecular flexibility index (Phi) is 4.36. The van der Waals surface area contributed by atoms with Gasteiger partial charge in [-0.15, -0.1) is 0 Å². The van der Waals surface area contributed by atoms with E-state index in [9.17, 15) is 4.79 Å². The van der Waals surface area contributed by atoms with Gasteiger partial charge in [-0.05, 0) is 50.8 Å². The number of nitrogens with one attached hydrogen (secondary N) is 2. The first-order valence-corrected chi connectivity index (χ1v) is 7.74. The summed E-state index contributed by atoms with van der Waals surface area (Å²) < 4.78 is 0.271. The molecule has 3 unspecified atom stereocenters. The van der Waals surface area contributed by atoms with E-state index < -0.39 is 0 Å². The van der Waals surface area contributed by atoms with Gasteiger partial charge in [-0.1, -0.05) is 6.92 Å². The predicted molar refractivity (Wildman–Crippen MR) is 73.3 cm³/mol. The van der Waals surface area contributed by atoms with Crippen LogP contribution < -0.4 is 10.6 Å². The second-order valence-corrected chi connectivity index (χ2v) is 7.35. The third-order valence-corrected chi connectivity index (χ3v) is 5.53. The minimum Gasteiger partial charge on any atom is -0.353 e. The van der Waals surface area contributed by atoms with E-state index in [1.54, 1.807) is 0 Å². The lowest BCUT2D eigenvalue weighted by atomic mass is 9.92. The molecule has 2 heterocycles. The molecule has 0 aromatic rings. The molecule has 2 aliphatic heterocycles. The Balaban J connectivity index is 1.80. The van der Waals surface area contributed by atoms with Gasteiger partial charge in [-0.3, -0.25) is 4.79 Å². The third kappa shape index (κ3) is 3.38. The fraction of sp³-hybridized carbons (Fsp3) is 0.923. The molecule has 2 N–H and O–H groups in total. The van der Waals surface area contributed by atoms with Crippen molar-refractivity contribution in [3.8, 4) is 0 Å². The number of rotatable bonds is 3. The number of carbonyl (C=O) groups excluding carboxylic acids is 1. The lowest BCUT2D eigenvalue weighted by Crippen LogP contribution is -2.52. The van der Waals surface area contributed by atoms with E-state index in [-0.39, 0.29) is 16.7 Å². The van der Waals surface area contributed by atoms with E-state index in [0.717, 1.165) is 19.5 Å². The van der Waals surface area contributed by atoms with E-state index in [1.807, 2.05) is 11.8 Å². The van der Waals surface area contributed by atoms with E-state index >= 15 is 0 Å². The number of amides is 1. The maximum atomic E-state index is 12.1. The highest BCUT2D eigenvalue weighted by Gasteiger charge is 2.32. The molecule has 2 rings (SSSR count). The summed E-state index contributed by atoms with van der Waals surface area (Å²) >= 11 is 2.00. The van der Waals surface area contributed by atoms with E-state index in [0.29, 0.717) is 5.92 Å². The van der Waals surface area contributed by atoms with Crippen molar-refractivity contribution in [2.24, 2.45) is 5.92 Å². The number of piperidine rings is 1. The van der Waals surface area contributed by atoms with Crippen molar-refractivity contribution in [1.82, 2.24) is 10.6 Å². The summed E-state index contributed by atoms with van der Waals surface area (Å²) in [6.07, 6.45) is 4.87. The van der Waals surface area contributed by atoms with Gasteiger partial charge in [0.15, 0.2) is 0 Å². The first-order chi connectivity index (χ1) is 8.11. The van der Waals surface area contributed by atoms with Crippen LogP contribution >= 0.6 is 11.8 Å². The predicted octanol–water partition coefficient (Wildman–Crippen LogP) is 1.78. The highest BCUT2D eigenvalue weighted by molar-refractivity contribution is 8.00. The Bertz CT molecular complexity index is 277. The highest BCUT2D eigenvalue weighted by atomic mass is 32.2. The fourth-order valence-corrected chi connectivity index (χ4v) is 4.01. The van der Waals surface area contributed by atoms with Crippen molar-refractivity contribution >= 4 is 17.7 Å². The summed E-state index contributed by atoms with van der Waals surface area (Å²) in [5, 5.41) is 6.48. The normalized spacial score (nSPS) is 38.0. The monoisotopic (exact) mass is 256 g/mol. The van der Waals surface area contributed by atoms with Gasteiger partial charge in [-0.25, -0.2) is 0 Å². The van der Waals surface area contributed by atoms with Crippen molar-refractivity contribution in [2.45, 2.75) is 50.3 Å². The zero-order chi connectivity index (χ0) is 12.3. The van der Waals surface area contributed by atoms with Crippen molar-refractivity contribution in [1.29, 1.82) is 0 Å². The summed E-state index contributed by atoms with van der Waals surface area (Å²) in [7, 11) is 0. The van der Waals surface area contributed by atoms with Crippen LogP contribution in [0.4, 0.5) is 0 Å². The average molecular weight is 256 g/mol. The molecule has 17 heavy (non-hydrogen) atoms. The second-order valence-electron chi connectivity index (χ2n) is 5.67. The number of carbonyl (C=O) groups is 1. The molecule has 2 saturated heterocycles. The Morgan fingerprint density at radius 2 is 2.35 bits per heavy atom. The maximum absolute atomic E-state index is 12.1. The Morgan fingerprint density at radius 3 is 3.00 bits per heavy atom. The highest BCUT2D eigenvalue weighted by Crippen LogP contribution is 2.37. The number of hydrogen-bond acceptors (Lipinski definition) is 3. The molecular weight excluding hydrogens is 232 g/mol. The smallest absolute Gasteiger partial charge is 0.237 e. The van der Waals surface area contributed by atoms with E-state index in [2.05, 4.69) is 24.5 Å². The van der Waals surface area contributed by atoms with Crippen LogP contribution in [0, 0.1) is 5.92 Å². The average Bonchev–Trinajstić information content (AvgIpc) is 2.74. The Labute approximate surface area is 108 Å². The van der Waals surface area contributed by atoms with E-state index in [4.69, 9.17) is 0 Å². The maximum Gasteiger partial charge on any atom is 0.237 e. The first-order valence-electron chi connectivity index (χ1n) is 6.76. The molecule has 2 aliphatic rings. The van der Waals surface area contributed by atoms with Gasteiger partial charge >= 0.3 is 0 Å². The fourth-order valence-electron chi connectivity index (χ4n) is 2.76. The zero-order valence-electron chi connectivity index (χ0n) is 10.9. The van der Waals surface area contributed by atoms with Crippen LogP contribution in [0.15, 0.2) is 0 Å². The summed E-state index contributed by atoms with van der Waals surface area (Å²) in [4.78, 5) is 12.1. The van der Waals surface area contributed by atoms with Gasteiger partial charge < -0.3 is 10.6 Å². The molecule has 0 aromatic heterocycles. The number of hydrogen-bond donors (Lipinski definition) is 2. The van der Waals surface area contributed by atoms with Crippen LogP contribution in [0.2, 0.25) is 0 Å². The van der Waals surface area contributed by atoms with Crippen LogP contribution in [0.5, 0.6) is 0 Å². The topological polar surface area (TPSA) is 41.1 Å². The van der Waals surface area contributed by atoms with Crippen molar-refractivity contribution in [2.75, 3.05) is 18.8 Å². The summed E-state index contributed by atoms with van der Waals surface area (Å²) in [5.74, 6) is 1.91. The molecule has 0 saturated carbocycles. The van der Waals surface area contributed by atoms with Gasteiger partial charge in [0, 0.05) is 11.3 Å². The molecule has 3 nitrogen and oxygen atoms in total. The van der Waals surface area contributed by atoms with Gasteiger partial charge in [0.1, 0.15) is 0 Å². The first kappa shape index (κ1) is 13.2. The Hall–Kier alpha value is -0.220. The molecule has 1 amide bonds. The molecule has 2 fully saturated rings. The molecular formula is C13H24N2OS. The zero-order valence-corrected chi connectivity index (χ0v) is 11.7. The Morgan fingerprint density at radius 1 is 1.53 bits per heavy atom. The minimum absolute atomic E-state index is 0.0266. The molecule has 0 aliphatic carbocycles. The largest absolute Gasteiger partial charge is 0.353 e. The van der Waals surface area contributed by atoms with E-state index in [1.165, 1.54) is 25.0 Å². The van der Waals surface area contributed by atoms with Crippen LogP contribution in [-0.2, 0) is 4.79 Å². The molecule has 4 heteroatoms. The van der Waals surface area contributed by atoms with Crippen molar-refractivity contribution in [3.05, 3.63) is 0 Å². The standard InChI is InChI=1S/C13H24N2OS/c1-10-5-3-7-14-11(10)12(16)15-9-13(2)6-4-8-17-13/h10-11,14H,3-9H2,1-2H3,(H,15,16). The van der Waals surface area contributed by atoms with Crippen molar-refractivity contribution < 1.29 is 4.79 Å².